The van der Waals surface area contributed by atoms with Gasteiger partial charge in [-0.15, -0.1) is 0 Å². The number of rotatable bonds is 1. The Hall–Kier alpha value is -2.61. The predicted octanol–water partition coefficient (Wildman–Crippen LogP) is 2.53. The zero-order valence-corrected chi connectivity index (χ0v) is 12.6. The molecule has 2 N–H and O–H groups in total. The minimum Gasteiger partial charge on any atom is -0.444 e. The van der Waals surface area contributed by atoms with E-state index in [1.54, 1.807) is 18.5 Å². The minimum atomic E-state index is -0.481. The van der Waals surface area contributed by atoms with Crippen molar-refractivity contribution in [3.8, 4) is 6.07 Å². The summed E-state index contributed by atoms with van der Waals surface area (Å²) in [7, 11) is 0. The minimum absolute atomic E-state index is 0.0142. The number of nitriles is 1. The molecule has 1 aromatic heterocycles. The fourth-order valence-corrected chi connectivity index (χ4v) is 3.16. The molecule has 1 aliphatic carbocycles. The molecule has 0 amide bonds. The average Bonchev–Trinajstić information content (AvgIpc) is 2.45. The molecule has 3 rings (SSSR count). The smallest absolute Gasteiger partial charge is 0.205 e. The third-order valence-electron chi connectivity index (χ3n) is 4.09. The van der Waals surface area contributed by atoms with Gasteiger partial charge in [-0.3, -0.25) is 9.78 Å². The number of allylic oxidation sites excluding steroid dienone is 3. The van der Waals surface area contributed by atoms with Crippen molar-refractivity contribution in [1.82, 2.24) is 4.98 Å². The summed E-state index contributed by atoms with van der Waals surface area (Å²) in [6.07, 6.45) is 4.39. The Bertz CT molecular complexity index is 739. The SMILES string of the molecule is CC1(C)CC(=O)C2=C(C1)OC(N)=C(C#N)[C@@H]2c1cccnc1. The van der Waals surface area contributed by atoms with Crippen LogP contribution in [0.25, 0.3) is 0 Å². The van der Waals surface area contributed by atoms with Crippen molar-refractivity contribution in [3.05, 3.63) is 52.9 Å². The molecule has 1 aliphatic heterocycles. The number of pyridine rings is 1. The van der Waals surface area contributed by atoms with E-state index in [1.807, 2.05) is 19.9 Å². The highest BCUT2D eigenvalue weighted by molar-refractivity contribution is 6.00. The normalized spacial score (nSPS) is 23.7. The van der Waals surface area contributed by atoms with Crippen LogP contribution in [0.5, 0.6) is 0 Å². The lowest BCUT2D eigenvalue weighted by Crippen LogP contribution is -2.33. The van der Waals surface area contributed by atoms with Crippen LogP contribution in [0.15, 0.2) is 47.3 Å². The molecule has 0 spiro atoms. The Morgan fingerprint density at radius 2 is 2.23 bits per heavy atom. The molecule has 2 heterocycles. The number of carbonyl (C=O) groups is 1. The second-order valence-electron chi connectivity index (χ2n) is 6.49. The molecule has 0 unspecified atom stereocenters. The van der Waals surface area contributed by atoms with Crippen molar-refractivity contribution in [2.24, 2.45) is 11.1 Å². The number of carbonyl (C=O) groups excluding carboxylic acids is 1. The summed E-state index contributed by atoms with van der Waals surface area (Å²) in [6.45, 7) is 4.05. The number of ether oxygens (including phenoxy) is 1. The van der Waals surface area contributed by atoms with Gasteiger partial charge in [0.1, 0.15) is 17.4 Å². The van der Waals surface area contributed by atoms with Gasteiger partial charge >= 0.3 is 0 Å². The van der Waals surface area contributed by atoms with E-state index < -0.39 is 5.92 Å². The molecule has 1 atom stereocenters. The predicted molar refractivity (Wildman–Crippen MR) is 79.9 cm³/mol. The standard InChI is InChI=1S/C17H17N3O2/c1-17(2)6-12(21)15-13(7-17)22-16(19)11(8-18)14(15)10-4-3-5-20-9-10/h3-5,9,14H,6-7,19H2,1-2H3/t14-/m0/s1. The lowest BCUT2D eigenvalue weighted by Gasteiger charge is -2.37. The largest absolute Gasteiger partial charge is 0.444 e. The second-order valence-corrected chi connectivity index (χ2v) is 6.49. The van der Waals surface area contributed by atoms with Crippen LogP contribution in [0, 0.1) is 16.7 Å². The van der Waals surface area contributed by atoms with E-state index >= 15 is 0 Å². The molecule has 2 aliphatic rings. The Morgan fingerprint density at radius 3 is 2.86 bits per heavy atom. The van der Waals surface area contributed by atoms with Gasteiger partial charge in [-0.05, 0) is 17.0 Å². The maximum atomic E-state index is 12.7. The molecular formula is C17H17N3O2. The number of ketones is 1. The summed E-state index contributed by atoms with van der Waals surface area (Å²) < 4.78 is 5.62. The van der Waals surface area contributed by atoms with Gasteiger partial charge in [0.25, 0.3) is 0 Å². The summed E-state index contributed by atoms with van der Waals surface area (Å²) in [5, 5.41) is 9.45. The van der Waals surface area contributed by atoms with Gasteiger partial charge in [-0.25, -0.2) is 0 Å². The highest BCUT2D eigenvalue weighted by Crippen LogP contribution is 2.47. The van der Waals surface area contributed by atoms with Crippen molar-refractivity contribution in [1.29, 1.82) is 5.26 Å². The van der Waals surface area contributed by atoms with Crippen LogP contribution in [-0.4, -0.2) is 10.8 Å². The number of hydrogen-bond acceptors (Lipinski definition) is 5. The first-order valence-electron chi connectivity index (χ1n) is 7.17. The maximum absolute atomic E-state index is 12.7. The fraction of sp³-hybridized carbons (Fsp3) is 0.353. The first-order valence-corrected chi connectivity index (χ1v) is 7.17. The first kappa shape index (κ1) is 14.3. The van der Waals surface area contributed by atoms with E-state index in [9.17, 15) is 10.1 Å². The van der Waals surface area contributed by atoms with Gasteiger partial charge in [0.2, 0.25) is 5.88 Å². The van der Waals surface area contributed by atoms with Gasteiger partial charge in [0, 0.05) is 30.8 Å². The summed E-state index contributed by atoms with van der Waals surface area (Å²) in [5.41, 5.74) is 7.38. The van der Waals surface area contributed by atoms with Crippen LogP contribution in [-0.2, 0) is 9.53 Å². The van der Waals surface area contributed by atoms with Crippen LogP contribution in [0.2, 0.25) is 0 Å². The third kappa shape index (κ3) is 2.27. The van der Waals surface area contributed by atoms with E-state index in [2.05, 4.69) is 11.1 Å². The Morgan fingerprint density at radius 1 is 1.45 bits per heavy atom. The van der Waals surface area contributed by atoms with Crippen molar-refractivity contribution in [2.45, 2.75) is 32.6 Å². The molecule has 0 saturated carbocycles. The van der Waals surface area contributed by atoms with E-state index in [4.69, 9.17) is 10.5 Å². The Labute approximate surface area is 129 Å². The van der Waals surface area contributed by atoms with E-state index in [1.165, 1.54) is 0 Å². The summed E-state index contributed by atoms with van der Waals surface area (Å²) in [5.74, 6) is 0.207. The molecule has 5 nitrogen and oxygen atoms in total. The highest BCUT2D eigenvalue weighted by atomic mass is 16.5. The molecule has 5 heteroatoms. The quantitative estimate of drug-likeness (QED) is 0.860. The van der Waals surface area contributed by atoms with Crippen molar-refractivity contribution in [2.75, 3.05) is 0 Å². The summed E-state index contributed by atoms with van der Waals surface area (Å²) in [6, 6.07) is 5.73. The second kappa shape index (κ2) is 4.99. The number of Topliss-reactive ketones (excluding diaryl/α,β-unsaturated/α-hetero) is 1. The van der Waals surface area contributed by atoms with Crippen LogP contribution in [0.1, 0.15) is 38.2 Å². The van der Waals surface area contributed by atoms with Gasteiger partial charge < -0.3 is 10.5 Å². The van der Waals surface area contributed by atoms with Gasteiger partial charge in [-0.2, -0.15) is 5.26 Å². The zero-order chi connectivity index (χ0) is 15.9. The molecule has 0 fully saturated rings. The molecule has 0 radical (unpaired) electrons. The van der Waals surface area contributed by atoms with E-state index in [0.717, 1.165) is 5.56 Å². The maximum Gasteiger partial charge on any atom is 0.205 e. The first-order chi connectivity index (χ1) is 10.4. The zero-order valence-electron chi connectivity index (χ0n) is 12.6. The van der Waals surface area contributed by atoms with E-state index in [-0.39, 0.29) is 22.7 Å². The monoisotopic (exact) mass is 295 g/mol. The highest BCUT2D eigenvalue weighted by Gasteiger charge is 2.42. The summed E-state index contributed by atoms with van der Waals surface area (Å²) in [4.78, 5) is 16.8. The molecule has 0 bridgehead atoms. The molecule has 1 aromatic rings. The number of hydrogen-bond donors (Lipinski definition) is 1. The van der Waals surface area contributed by atoms with Crippen LogP contribution in [0.4, 0.5) is 0 Å². The molecule has 0 saturated heterocycles. The lowest BCUT2D eigenvalue weighted by molar-refractivity contribution is -0.119. The fourth-order valence-electron chi connectivity index (χ4n) is 3.16. The lowest BCUT2D eigenvalue weighted by atomic mass is 9.70. The number of nitrogens with two attached hydrogens (primary N) is 1. The molecule has 22 heavy (non-hydrogen) atoms. The topological polar surface area (TPSA) is 89.0 Å². The van der Waals surface area contributed by atoms with Crippen molar-refractivity contribution in [3.63, 3.8) is 0 Å². The number of nitrogens with zero attached hydrogens (tertiary/aromatic N) is 2. The van der Waals surface area contributed by atoms with Gasteiger partial charge in [-0.1, -0.05) is 19.9 Å². The third-order valence-corrected chi connectivity index (χ3v) is 4.09. The van der Waals surface area contributed by atoms with Crippen molar-refractivity contribution < 1.29 is 9.53 Å². The Balaban J connectivity index is 2.18. The van der Waals surface area contributed by atoms with Crippen LogP contribution in [0.3, 0.4) is 0 Å². The average molecular weight is 295 g/mol. The summed E-state index contributed by atoms with van der Waals surface area (Å²) >= 11 is 0. The van der Waals surface area contributed by atoms with E-state index in [0.29, 0.717) is 24.2 Å². The molecular weight excluding hydrogens is 278 g/mol. The molecule has 112 valence electrons. The number of aromatic nitrogens is 1. The van der Waals surface area contributed by atoms with Crippen LogP contribution >= 0.6 is 0 Å². The van der Waals surface area contributed by atoms with Gasteiger partial charge in [0.05, 0.1) is 5.92 Å². The molecule has 0 aromatic carbocycles. The van der Waals surface area contributed by atoms with Gasteiger partial charge in [0.15, 0.2) is 5.78 Å². The Kier molecular flexibility index (Phi) is 3.25. The van der Waals surface area contributed by atoms with Crippen molar-refractivity contribution >= 4 is 5.78 Å². The van der Waals surface area contributed by atoms with Crippen LogP contribution < -0.4 is 5.73 Å².